The zero-order valence-electron chi connectivity index (χ0n) is 19.4. The summed E-state index contributed by atoms with van der Waals surface area (Å²) in [5, 5.41) is 4.76. The highest BCUT2D eigenvalue weighted by Crippen LogP contribution is 2.35. The third kappa shape index (κ3) is 4.22. The number of carbonyl (C=O) groups is 1. The zero-order chi connectivity index (χ0) is 25.4. The van der Waals surface area contributed by atoms with Crippen molar-refractivity contribution in [3.05, 3.63) is 107 Å². The van der Waals surface area contributed by atoms with Crippen molar-refractivity contribution in [1.82, 2.24) is 14.8 Å². The fourth-order valence-electron chi connectivity index (χ4n) is 4.07. The molecule has 180 valence electrons. The maximum absolute atomic E-state index is 14.1. The number of halogens is 3. The van der Waals surface area contributed by atoms with Crippen molar-refractivity contribution in [2.24, 2.45) is 0 Å². The van der Waals surface area contributed by atoms with Crippen LogP contribution in [0.4, 0.5) is 13.2 Å². The number of alkyl halides is 3. The van der Waals surface area contributed by atoms with Crippen LogP contribution in [0.25, 0.3) is 27.8 Å². The van der Waals surface area contributed by atoms with Crippen molar-refractivity contribution in [2.75, 3.05) is 7.11 Å². The van der Waals surface area contributed by atoms with Gasteiger partial charge in [0.2, 0.25) is 0 Å². The van der Waals surface area contributed by atoms with E-state index in [1.54, 1.807) is 56.5 Å². The maximum Gasteiger partial charge on any atom is 0.434 e. The maximum atomic E-state index is 14.1. The second kappa shape index (κ2) is 8.96. The van der Waals surface area contributed by atoms with Gasteiger partial charge in [-0.3, -0.25) is 4.79 Å². The Morgan fingerprint density at radius 1 is 0.889 bits per heavy atom. The van der Waals surface area contributed by atoms with E-state index >= 15 is 0 Å². The minimum atomic E-state index is -4.83. The largest absolute Gasteiger partial charge is 0.497 e. The van der Waals surface area contributed by atoms with Crippen LogP contribution in [0.1, 0.15) is 27.3 Å². The number of benzene rings is 3. The second-order valence-electron chi connectivity index (χ2n) is 8.22. The van der Waals surface area contributed by atoms with Gasteiger partial charge in [-0.1, -0.05) is 54.6 Å². The lowest BCUT2D eigenvalue weighted by molar-refractivity contribution is -0.141. The van der Waals surface area contributed by atoms with E-state index in [-0.39, 0.29) is 11.2 Å². The molecule has 8 heteroatoms. The number of rotatable bonds is 5. The molecular formula is C28H20F3N3O2. The molecule has 3 aromatic carbocycles. The van der Waals surface area contributed by atoms with Gasteiger partial charge in [-0.15, -0.1) is 0 Å². The number of carbonyl (C=O) groups excluding carboxylic acids is 1. The number of aromatic nitrogens is 3. The molecule has 0 aliphatic rings. The summed E-state index contributed by atoms with van der Waals surface area (Å²) in [6.45, 7) is 1.68. The molecule has 0 aliphatic carbocycles. The van der Waals surface area contributed by atoms with E-state index in [1.165, 1.54) is 22.9 Å². The Hall–Kier alpha value is -4.46. The molecule has 0 unspecified atom stereocenters. The molecule has 0 aliphatic heterocycles. The monoisotopic (exact) mass is 487 g/mol. The fraction of sp³-hybridized carbons (Fsp3) is 0.107. The first-order valence-electron chi connectivity index (χ1n) is 11.1. The Morgan fingerprint density at radius 3 is 2.08 bits per heavy atom. The topological polar surface area (TPSA) is 57.0 Å². The van der Waals surface area contributed by atoms with Gasteiger partial charge in [-0.25, -0.2) is 9.67 Å². The Balaban J connectivity index is 1.58. The van der Waals surface area contributed by atoms with E-state index in [0.29, 0.717) is 22.5 Å². The van der Waals surface area contributed by atoms with Crippen molar-refractivity contribution in [3.8, 4) is 22.6 Å². The Kier molecular flexibility index (Phi) is 5.80. The number of hydrogen-bond acceptors (Lipinski definition) is 4. The molecule has 5 aromatic rings. The average molecular weight is 487 g/mol. The molecule has 0 fully saturated rings. The Morgan fingerprint density at radius 2 is 1.50 bits per heavy atom. The van der Waals surface area contributed by atoms with E-state index in [2.05, 4.69) is 10.1 Å². The van der Waals surface area contributed by atoms with Crippen molar-refractivity contribution >= 4 is 16.8 Å². The smallest absolute Gasteiger partial charge is 0.434 e. The molecule has 0 radical (unpaired) electrons. The number of nitrogens with zero attached hydrogens (tertiary/aromatic N) is 3. The van der Waals surface area contributed by atoms with Crippen molar-refractivity contribution in [3.63, 3.8) is 0 Å². The highest BCUT2D eigenvalue weighted by Gasteiger charge is 2.38. The number of methoxy groups -OCH3 is 1. The zero-order valence-corrected chi connectivity index (χ0v) is 19.4. The molecule has 2 aromatic heterocycles. The number of fused-ring (bicyclic) bond motifs is 1. The van der Waals surface area contributed by atoms with Gasteiger partial charge in [0.05, 0.1) is 24.1 Å². The lowest BCUT2D eigenvalue weighted by atomic mass is 9.97. The van der Waals surface area contributed by atoms with Gasteiger partial charge in [0.25, 0.3) is 0 Å². The molecule has 0 atom stereocenters. The summed E-state index contributed by atoms with van der Waals surface area (Å²) in [5.74, 6) is -0.0520. The van der Waals surface area contributed by atoms with Crippen LogP contribution in [0.3, 0.4) is 0 Å². The number of hydrogen-bond donors (Lipinski definition) is 0. The van der Waals surface area contributed by atoms with E-state index in [1.807, 2.05) is 24.3 Å². The van der Waals surface area contributed by atoms with Crippen LogP contribution >= 0.6 is 0 Å². The molecule has 0 saturated carbocycles. The van der Waals surface area contributed by atoms with Crippen LogP contribution in [-0.4, -0.2) is 27.7 Å². The molecule has 5 rings (SSSR count). The van der Waals surface area contributed by atoms with Crippen molar-refractivity contribution in [1.29, 1.82) is 0 Å². The molecule has 0 bridgehead atoms. The quantitative estimate of drug-likeness (QED) is 0.260. The first kappa shape index (κ1) is 23.3. The van der Waals surface area contributed by atoms with Gasteiger partial charge in [-0.05, 0) is 48.4 Å². The van der Waals surface area contributed by atoms with Gasteiger partial charge in [0, 0.05) is 10.9 Å². The van der Waals surface area contributed by atoms with Crippen LogP contribution in [0.2, 0.25) is 0 Å². The Bertz CT molecular complexity index is 1560. The second-order valence-corrected chi connectivity index (χ2v) is 8.22. The van der Waals surface area contributed by atoms with Crippen LogP contribution in [0.15, 0.2) is 84.9 Å². The van der Waals surface area contributed by atoms with Crippen LogP contribution in [-0.2, 0) is 6.18 Å². The summed E-state index contributed by atoms with van der Waals surface area (Å²) in [4.78, 5) is 17.2. The molecule has 0 amide bonds. The van der Waals surface area contributed by atoms with Crippen LogP contribution in [0.5, 0.6) is 5.75 Å². The van der Waals surface area contributed by atoms with Gasteiger partial charge >= 0.3 is 6.18 Å². The van der Waals surface area contributed by atoms with E-state index < -0.39 is 23.2 Å². The molecule has 0 N–H and O–H groups in total. The van der Waals surface area contributed by atoms with E-state index in [4.69, 9.17) is 4.74 Å². The fourth-order valence-corrected chi connectivity index (χ4v) is 4.07. The third-order valence-corrected chi connectivity index (χ3v) is 5.93. The SMILES string of the molecule is COc1ccc(-c2ccc(C(=O)c3cc4c(C)nn(-c5ccccc5)c4nc3C(F)(F)F)cc2)cc1. The number of ketones is 1. The van der Waals surface area contributed by atoms with Crippen molar-refractivity contribution < 1.29 is 22.7 Å². The first-order valence-corrected chi connectivity index (χ1v) is 11.1. The lowest BCUT2D eigenvalue weighted by Crippen LogP contribution is -2.17. The van der Waals surface area contributed by atoms with Crippen LogP contribution < -0.4 is 4.74 Å². The number of pyridine rings is 1. The standard InChI is InChI=1S/C28H20F3N3O2/c1-17-23-16-24(25(35)20-10-8-18(9-11-20)19-12-14-22(36-2)15-13-19)26(28(29,30)31)32-27(23)34(33-17)21-6-4-3-5-7-21/h3-16H,1-2H3. The minimum absolute atomic E-state index is 0.0393. The summed E-state index contributed by atoms with van der Waals surface area (Å²) in [6.07, 6.45) is -4.83. The summed E-state index contributed by atoms with van der Waals surface area (Å²) in [7, 11) is 1.57. The van der Waals surface area contributed by atoms with Gasteiger partial charge in [-0.2, -0.15) is 18.3 Å². The highest BCUT2D eigenvalue weighted by atomic mass is 19.4. The molecule has 5 nitrogen and oxygen atoms in total. The number of para-hydroxylation sites is 1. The number of aryl methyl sites for hydroxylation is 1. The van der Waals surface area contributed by atoms with Crippen molar-refractivity contribution in [2.45, 2.75) is 13.1 Å². The first-order chi connectivity index (χ1) is 17.3. The lowest BCUT2D eigenvalue weighted by Gasteiger charge is -2.13. The van der Waals surface area contributed by atoms with Gasteiger partial charge < -0.3 is 4.74 Å². The highest BCUT2D eigenvalue weighted by molar-refractivity contribution is 6.11. The van der Waals surface area contributed by atoms with E-state index in [0.717, 1.165) is 11.1 Å². The third-order valence-electron chi connectivity index (χ3n) is 5.93. The van der Waals surface area contributed by atoms with E-state index in [9.17, 15) is 18.0 Å². The number of ether oxygens (including phenoxy) is 1. The van der Waals surface area contributed by atoms with Gasteiger partial charge in [0.1, 0.15) is 5.75 Å². The summed E-state index contributed by atoms with van der Waals surface area (Å²) in [5.41, 5.74) is 1.17. The van der Waals surface area contributed by atoms with Gasteiger partial charge in [0.15, 0.2) is 17.1 Å². The van der Waals surface area contributed by atoms with Crippen LogP contribution in [0, 0.1) is 6.92 Å². The average Bonchev–Trinajstić information content (AvgIpc) is 3.23. The summed E-state index contributed by atoms with van der Waals surface area (Å²) in [6, 6.07) is 23.8. The molecule has 0 spiro atoms. The summed E-state index contributed by atoms with van der Waals surface area (Å²) < 4.78 is 48.8. The molecule has 36 heavy (non-hydrogen) atoms. The summed E-state index contributed by atoms with van der Waals surface area (Å²) >= 11 is 0. The predicted octanol–water partition coefficient (Wildman–Crippen LogP) is 6.65. The molecule has 0 saturated heterocycles. The minimum Gasteiger partial charge on any atom is -0.497 e. The Labute approximate surface area is 204 Å². The molecule has 2 heterocycles. The molecular weight excluding hydrogens is 467 g/mol. The normalized spacial score (nSPS) is 11.6. The predicted molar refractivity (Wildman–Crippen MR) is 130 cm³/mol.